The van der Waals surface area contributed by atoms with Crippen molar-refractivity contribution in [3.63, 3.8) is 0 Å². The molecule has 0 atom stereocenters. The van der Waals surface area contributed by atoms with Crippen molar-refractivity contribution in [2.75, 3.05) is 5.75 Å². The molecule has 0 aliphatic carbocycles. The lowest BCUT2D eigenvalue weighted by molar-refractivity contribution is -0.116. The van der Waals surface area contributed by atoms with Gasteiger partial charge in [0.05, 0.1) is 5.39 Å². The maximum absolute atomic E-state index is 12.5. The molecule has 0 radical (unpaired) electrons. The Morgan fingerprint density at radius 3 is 2.79 bits per heavy atom. The number of aromatic nitrogens is 2. The Bertz CT molecular complexity index is 973. The van der Waals surface area contributed by atoms with Crippen molar-refractivity contribution in [1.29, 1.82) is 0 Å². The number of carbonyl (C=O) groups excluding carboxylic acids is 1. The van der Waals surface area contributed by atoms with E-state index in [1.54, 1.807) is 6.92 Å². The monoisotopic (exact) mass is 358 g/mol. The molecular formula is C18H18N2O2S2. The first-order valence-electron chi connectivity index (χ1n) is 7.67. The van der Waals surface area contributed by atoms with Crippen LogP contribution in [0.4, 0.5) is 0 Å². The number of hydrogen-bond donors (Lipinski definition) is 1. The zero-order valence-electron chi connectivity index (χ0n) is 13.8. The van der Waals surface area contributed by atoms with Crippen LogP contribution < -0.4 is 5.56 Å². The fraction of sp³-hybridized carbons (Fsp3) is 0.278. The van der Waals surface area contributed by atoms with E-state index in [1.807, 2.05) is 11.4 Å². The summed E-state index contributed by atoms with van der Waals surface area (Å²) < 4.78 is 0. The first kappa shape index (κ1) is 16.9. The van der Waals surface area contributed by atoms with Crippen molar-refractivity contribution < 1.29 is 4.79 Å². The van der Waals surface area contributed by atoms with E-state index in [0.717, 1.165) is 16.0 Å². The molecule has 3 rings (SSSR count). The van der Waals surface area contributed by atoms with Gasteiger partial charge in [0, 0.05) is 23.1 Å². The number of aryl methyl sites for hydroxylation is 2. The van der Waals surface area contributed by atoms with Crippen LogP contribution in [0.5, 0.6) is 0 Å². The summed E-state index contributed by atoms with van der Waals surface area (Å²) in [5.41, 5.74) is 4.27. The second kappa shape index (κ2) is 6.91. The Kier molecular flexibility index (Phi) is 4.87. The first-order chi connectivity index (χ1) is 11.5. The van der Waals surface area contributed by atoms with Gasteiger partial charge in [-0.2, -0.15) is 0 Å². The Balaban J connectivity index is 1.99. The molecule has 0 fully saturated rings. The Labute approximate surface area is 148 Å². The van der Waals surface area contributed by atoms with Crippen molar-refractivity contribution in [2.45, 2.75) is 32.3 Å². The minimum Gasteiger partial charge on any atom is -0.301 e. The standard InChI is InChI=1S/C18H18N2O2S2/c1-10-4-5-13(8-11(10)2)14-9-24-17-15(14)16(22)19-18(20-17)23-7-6-12(3)21/h4-5,8-9H,6-7H2,1-3H3,(H,19,20,22). The summed E-state index contributed by atoms with van der Waals surface area (Å²) in [6.45, 7) is 5.71. The number of nitrogens with zero attached hydrogens (tertiary/aromatic N) is 1. The highest BCUT2D eigenvalue weighted by molar-refractivity contribution is 7.99. The molecule has 1 aromatic carbocycles. The molecule has 0 aliphatic heterocycles. The van der Waals surface area contributed by atoms with Crippen LogP contribution in [0.2, 0.25) is 0 Å². The molecule has 0 spiro atoms. The molecule has 24 heavy (non-hydrogen) atoms. The van der Waals surface area contributed by atoms with E-state index < -0.39 is 0 Å². The molecule has 1 N–H and O–H groups in total. The van der Waals surface area contributed by atoms with E-state index in [9.17, 15) is 9.59 Å². The number of rotatable bonds is 5. The molecule has 0 saturated carbocycles. The number of Topliss-reactive ketones (excluding diaryl/α,β-unsaturated/α-hetero) is 1. The van der Waals surface area contributed by atoms with E-state index in [4.69, 9.17) is 0 Å². The first-order valence-corrected chi connectivity index (χ1v) is 9.53. The number of thioether (sulfide) groups is 1. The average molecular weight is 358 g/mol. The van der Waals surface area contributed by atoms with Gasteiger partial charge in [0.15, 0.2) is 5.16 Å². The summed E-state index contributed by atoms with van der Waals surface area (Å²) in [5, 5.41) is 3.20. The zero-order chi connectivity index (χ0) is 17.3. The zero-order valence-corrected chi connectivity index (χ0v) is 15.4. The van der Waals surface area contributed by atoms with E-state index in [1.165, 1.54) is 34.2 Å². The Morgan fingerprint density at radius 2 is 2.08 bits per heavy atom. The van der Waals surface area contributed by atoms with Crippen molar-refractivity contribution in [2.24, 2.45) is 0 Å². The molecule has 0 amide bonds. The van der Waals surface area contributed by atoms with Crippen LogP contribution in [-0.4, -0.2) is 21.5 Å². The van der Waals surface area contributed by atoms with Crippen molar-refractivity contribution >= 4 is 39.1 Å². The Hall–Kier alpha value is -1.92. The number of ketones is 1. The van der Waals surface area contributed by atoms with Crippen LogP contribution in [0.15, 0.2) is 33.5 Å². The van der Waals surface area contributed by atoms with E-state index in [0.29, 0.717) is 22.7 Å². The highest BCUT2D eigenvalue weighted by Crippen LogP contribution is 2.32. The molecule has 0 bridgehead atoms. The van der Waals surface area contributed by atoms with Gasteiger partial charge in [-0.3, -0.25) is 9.59 Å². The van der Waals surface area contributed by atoms with Crippen LogP contribution in [0.3, 0.4) is 0 Å². The number of aromatic amines is 1. The molecular weight excluding hydrogens is 340 g/mol. The molecule has 124 valence electrons. The third-order valence-electron chi connectivity index (χ3n) is 3.93. The van der Waals surface area contributed by atoms with Gasteiger partial charge in [0.1, 0.15) is 10.6 Å². The fourth-order valence-corrected chi connectivity index (χ4v) is 4.32. The number of benzene rings is 1. The highest BCUT2D eigenvalue weighted by atomic mass is 32.2. The predicted octanol–water partition coefficient (Wildman–Crippen LogP) is 4.34. The third-order valence-corrected chi connectivity index (χ3v) is 5.68. The maximum Gasteiger partial charge on any atom is 0.260 e. The SMILES string of the molecule is CC(=O)CCSc1nc2scc(-c3ccc(C)c(C)c3)c2c(=O)[nH]1. The third kappa shape index (κ3) is 3.44. The summed E-state index contributed by atoms with van der Waals surface area (Å²) in [6.07, 6.45) is 0.477. The maximum atomic E-state index is 12.5. The summed E-state index contributed by atoms with van der Waals surface area (Å²) >= 11 is 2.88. The second-order valence-corrected chi connectivity index (χ2v) is 7.74. The lowest BCUT2D eigenvalue weighted by atomic mass is 10.0. The predicted molar refractivity (Wildman–Crippen MR) is 101 cm³/mol. The highest BCUT2D eigenvalue weighted by Gasteiger charge is 2.13. The van der Waals surface area contributed by atoms with Gasteiger partial charge in [-0.05, 0) is 37.5 Å². The molecule has 0 aliphatic rings. The van der Waals surface area contributed by atoms with Gasteiger partial charge < -0.3 is 4.98 Å². The summed E-state index contributed by atoms with van der Waals surface area (Å²) in [4.78, 5) is 31.7. The molecule has 2 heterocycles. The van der Waals surface area contributed by atoms with Crippen LogP contribution in [0, 0.1) is 13.8 Å². The van der Waals surface area contributed by atoms with Gasteiger partial charge in [-0.25, -0.2) is 4.98 Å². The lowest BCUT2D eigenvalue weighted by Crippen LogP contribution is -2.09. The van der Waals surface area contributed by atoms with Gasteiger partial charge in [-0.1, -0.05) is 30.0 Å². The minimum atomic E-state index is -0.125. The van der Waals surface area contributed by atoms with E-state index >= 15 is 0 Å². The largest absolute Gasteiger partial charge is 0.301 e. The quantitative estimate of drug-likeness (QED) is 0.544. The molecule has 0 unspecified atom stereocenters. The van der Waals surface area contributed by atoms with Crippen molar-refractivity contribution in [3.8, 4) is 11.1 Å². The van der Waals surface area contributed by atoms with Crippen LogP contribution in [0.1, 0.15) is 24.5 Å². The van der Waals surface area contributed by atoms with Crippen molar-refractivity contribution in [3.05, 3.63) is 45.1 Å². The number of thiophene rings is 1. The van der Waals surface area contributed by atoms with Crippen LogP contribution in [0.25, 0.3) is 21.3 Å². The normalized spacial score (nSPS) is 11.1. The average Bonchev–Trinajstić information content (AvgIpc) is 2.94. The summed E-state index contributed by atoms with van der Waals surface area (Å²) in [5.74, 6) is 0.762. The number of fused-ring (bicyclic) bond motifs is 1. The van der Waals surface area contributed by atoms with Gasteiger partial charge in [-0.15, -0.1) is 11.3 Å². The fourth-order valence-electron chi connectivity index (χ4n) is 2.41. The topological polar surface area (TPSA) is 62.8 Å². The van der Waals surface area contributed by atoms with Gasteiger partial charge in [0.2, 0.25) is 0 Å². The van der Waals surface area contributed by atoms with E-state index in [2.05, 4.69) is 35.9 Å². The van der Waals surface area contributed by atoms with E-state index in [-0.39, 0.29) is 11.3 Å². The molecule has 4 nitrogen and oxygen atoms in total. The second-order valence-electron chi connectivity index (χ2n) is 5.80. The molecule has 3 aromatic rings. The molecule has 6 heteroatoms. The lowest BCUT2D eigenvalue weighted by Gasteiger charge is -2.05. The minimum absolute atomic E-state index is 0.125. The molecule has 0 saturated heterocycles. The smallest absolute Gasteiger partial charge is 0.260 e. The van der Waals surface area contributed by atoms with Crippen LogP contribution in [-0.2, 0) is 4.79 Å². The van der Waals surface area contributed by atoms with Gasteiger partial charge >= 0.3 is 0 Å². The Morgan fingerprint density at radius 1 is 1.29 bits per heavy atom. The van der Waals surface area contributed by atoms with Crippen molar-refractivity contribution in [1.82, 2.24) is 9.97 Å². The number of carbonyl (C=O) groups is 1. The summed E-state index contributed by atoms with van der Waals surface area (Å²) in [7, 11) is 0. The van der Waals surface area contributed by atoms with Crippen LogP contribution >= 0.6 is 23.1 Å². The number of H-pyrrole nitrogens is 1. The summed E-state index contributed by atoms with van der Waals surface area (Å²) in [6, 6.07) is 6.21. The molecule has 2 aromatic heterocycles. The number of nitrogens with one attached hydrogen (secondary N) is 1. The number of hydrogen-bond acceptors (Lipinski definition) is 5. The van der Waals surface area contributed by atoms with Gasteiger partial charge in [0.25, 0.3) is 5.56 Å².